The molecule has 2 aromatic carbocycles. The number of carbonyl (C=O) groups is 3. The molecule has 0 unspecified atom stereocenters. The van der Waals surface area contributed by atoms with Gasteiger partial charge in [0.2, 0.25) is 11.8 Å². The fraction of sp³-hybridized carbons (Fsp3) is 0.379. The van der Waals surface area contributed by atoms with Gasteiger partial charge in [-0.25, -0.2) is 5.84 Å². The topological polar surface area (TPSA) is 134 Å². The Bertz CT molecular complexity index is 1300. The minimum absolute atomic E-state index is 0.161. The quantitative estimate of drug-likeness (QED) is 0.0931. The molecule has 0 bridgehead atoms. The summed E-state index contributed by atoms with van der Waals surface area (Å²) < 4.78 is 1.83. The lowest BCUT2D eigenvalue weighted by molar-refractivity contribution is -0.139. The molecule has 1 fully saturated rings. The predicted octanol–water partition coefficient (Wildman–Crippen LogP) is 1.90. The van der Waals surface area contributed by atoms with Crippen molar-refractivity contribution in [3.8, 4) is 0 Å². The van der Waals surface area contributed by atoms with E-state index in [1.165, 1.54) is 6.34 Å². The van der Waals surface area contributed by atoms with E-state index in [1.54, 1.807) is 4.90 Å². The molecule has 0 saturated carbocycles. The van der Waals surface area contributed by atoms with Gasteiger partial charge < -0.3 is 25.5 Å². The monoisotopic (exact) mass is 531 g/mol. The normalized spacial score (nSPS) is 15.9. The van der Waals surface area contributed by atoms with Crippen molar-refractivity contribution in [3.63, 3.8) is 0 Å². The van der Waals surface area contributed by atoms with Crippen molar-refractivity contribution in [1.29, 1.82) is 0 Å². The maximum atomic E-state index is 13.9. The number of aliphatic imine (C=N–C) groups is 1. The zero-order valence-corrected chi connectivity index (χ0v) is 22.3. The molecule has 1 saturated heterocycles. The summed E-state index contributed by atoms with van der Waals surface area (Å²) >= 11 is 0. The number of fused-ring (bicyclic) bond motifs is 1. The van der Waals surface area contributed by atoms with Gasteiger partial charge in [-0.2, -0.15) is 0 Å². The molecule has 5 N–H and O–H groups in total. The van der Waals surface area contributed by atoms with Crippen LogP contribution < -0.4 is 21.9 Å². The number of nitrogens with one attached hydrogen (secondary N) is 3. The number of nitrogens with zero attached hydrogens (tertiary/aromatic N) is 3. The second-order valence-corrected chi connectivity index (χ2v) is 9.75. The zero-order valence-electron chi connectivity index (χ0n) is 22.3. The standard InChI is InChI=1S/C29H37N7O3/c1-35-24-13-6-5-12-22(24)19-26(35)28(38)34-23(18-21-10-3-2-4-11-21)29(39)36-17-9-14-25(36)27(37)32-16-8-7-15-31-20-33-30/h2-6,10-13,19-20,23,25H,7-9,14-18,30H2,1H3,(H,31,33)(H,32,37)(H,34,38)/t23-,25+/m1/s1. The smallest absolute Gasteiger partial charge is 0.268 e. The van der Waals surface area contributed by atoms with Crippen LogP contribution in [0.4, 0.5) is 0 Å². The molecular weight excluding hydrogens is 494 g/mol. The van der Waals surface area contributed by atoms with Crippen molar-refractivity contribution in [3.05, 3.63) is 71.9 Å². The van der Waals surface area contributed by atoms with E-state index in [0.717, 1.165) is 35.7 Å². The van der Waals surface area contributed by atoms with Gasteiger partial charge in [0.25, 0.3) is 5.91 Å². The highest BCUT2D eigenvalue weighted by Crippen LogP contribution is 2.21. The summed E-state index contributed by atoms with van der Waals surface area (Å²) in [5.41, 5.74) is 4.70. The molecule has 39 heavy (non-hydrogen) atoms. The number of aromatic nitrogens is 1. The third kappa shape index (κ3) is 7.02. The van der Waals surface area contributed by atoms with Crippen LogP contribution in [0, 0.1) is 0 Å². The molecule has 1 aliphatic heterocycles. The summed E-state index contributed by atoms with van der Waals surface area (Å²) in [6.45, 7) is 1.60. The zero-order chi connectivity index (χ0) is 27.6. The number of aryl methyl sites for hydroxylation is 1. The van der Waals surface area contributed by atoms with Gasteiger partial charge in [-0.15, -0.1) is 0 Å². The van der Waals surface area contributed by atoms with Crippen molar-refractivity contribution in [2.75, 3.05) is 19.6 Å². The number of nitrogens with two attached hydrogens (primary N) is 1. The lowest BCUT2D eigenvalue weighted by Crippen LogP contribution is -2.54. The average Bonchev–Trinajstić information content (AvgIpc) is 3.58. The van der Waals surface area contributed by atoms with E-state index in [2.05, 4.69) is 21.1 Å². The number of hydrogen-bond acceptors (Lipinski definition) is 5. The number of amides is 3. The first-order valence-electron chi connectivity index (χ1n) is 13.4. The number of carbonyl (C=O) groups excluding carboxylic acids is 3. The first kappa shape index (κ1) is 27.8. The number of para-hydroxylation sites is 1. The highest BCUT2D eigenvalue weighted by molar-refractivity contribution is 6.01. The molecule has 206 valence electrons. The van der Waals surface area contributed by atoms with Crippen LogP contribution in [0.15, 0.2) is 65.7 Å². The van der Waals surface area contributed by atoms with E-state index >= 15 is 0 Å². The summed E-state index contributed by atoms with van der Waals surface area (Å²) in [6, 6.07) is 17.8. The van der Waals surface area contributed by atoms with Crippen LogP contribution in [0.25, 0.3) is 10.9 Å². The van der Waals surface area contributed by atoms with Gasteiger partial charge in [0.1, 0.15) is 17.8 Å². The largest absolute Gasteiger partial charge is 0.354 e. The molecule has 2 atom stereocenters. The molecule has 3 aromatic rings. The van der Waals surface area contributed by atoms with Crippen LogP contribution in [-0.4, -0.2) is 65.2 Å². The SMILES string of the molecule is Cn1c(C(=O)N[C@H](Cc2ccccc2)C(=O)N2CCC[C@H]2C(=O)NCCCCN=CNN)cc2ccccc21. The molecule has 4 rings (SSSR count). The van der Waals surface area contributed by atoms with E-state index in [1.807, 2.05) is 72.3 Å². The first-order valence-corrected chi connectivity index (χ1v) is 13.4. The van der Waals surface area contributed by atoms with Crippen LogP contribution in [0.3, 0.4) is 0 Å². The molecule has 2 heterocycles. The summed E-state index contributed by atoms with van der Waals surface area (Å²) in [6.07, 6.45) is 4.68. The molecule has 10 heteroatoms. The van der Waals surface area contributed by atoms with Crippen molar-refractivity contribution in [2.45, 2.75) is 44.2 Å². The third-order valence-electron chi connectivity index (χ3n) is 7.09. The minimum Gasteiger partial charge on any atom is -0.354 e. The predicted molar refractivity (Wildman–Crippen MR) is 152 cm³/mol. The van der Waals surface area contributed by atoms with Crippen molar-refractivity contribution in [2.24, 2.45) is 17.9 Å². The summed E-state index contributed by atoms with van der Waals surface area (Å²) in [4.78, 5) is 46.0. The van der Waals surface area contributed by atoms with E-state index in [0.29, 0.717) is 38.2 Å². The second kappa shape index (κ2) is 13.6. The Hall–Kier alpha value is -4.18. The Kier molecular flexibility index (Phi) is 9.69. The van der Waals surface area contributed by atoms with Gasteiger partial charge in [-0.05, 0) is 43.4 Å². The molecular formula is C29H37N7O3. The Morgan fingerprint density at radius 1 is 1.10 bits per heavy atom. The molecule has 0 spiro atoms. The Labute approximate surface area is 228 Å². The van der Waals surface area contributed by atoms with Gasteiger partial charge in [0.05, 0.1) is 6.34 Å². The molecule has 0 radical (unpaired) electrons. The Morgan fingerprint density at radius 3 is 2.64 bits per heavy atom. The maximum Gasteiger partial charge on any atom is 0.268 e. The number of benzene rings is 2. The third-order valence-corrected chi connectivity index (χ3v) is 7.09. The van der Waals surface area contributed by atoms with Gasteiger partial charge in [0, 0.05) is 44.0 Å². The average molecular weight is 532 g/mol. The lowest BCUT2D eigenvalue weighted by Gasteiger charge is -2.29. The summed E-state index contributed by atoms with van der Waals surface area (Å²) in [5, 5.41) is 6.90. The van der Waals surface area contributed by atoms with E-state index in [-0.39, 0.29) is 17.7 Å². The van der Waals surface area contributed by atoms with Crippen LogP contribution in [0.5, 0.6) is 0 Å². The fourth-order valence-corrected chi connectivity index (χ4v) is 5.07. The number of rotatable bonds is 12. The summed E-state index contributed by atoms with van der Waals surface area (Å²) in [7, 11) is 1.84. The van der Waals surface area contributed by atoms with Crippen LogP contribution >= 0.6 is 0 Å². The minimum atomic E-state index is -0.805. The highest BCUT2D eigenvalue weighted by atomic mass is 16.2. The van der Waals surface area contributed by atoms with Gasteiger partial charge >= 0.3 is 0 Å². The van der Waals surface area contributed by atoms with Crippen LogP contribution in [0.2, 0.25) is 0 Å². The fourth-order valence-electron chi connectivity index (χ4n) is 5.07. The second-order valence-electron chi connectivity index (χ2n) is 9.75. The summed E-state index contributed by atoms with van der Waals surface area (Å²) in [5.74, 6) is 4.42. The van der Waals surface area contributed by atoms with Gasteiger partial charge in [-0.3, -0.25) is 19.4 Å². The number of likely N-dealkylation sites (tertiary alicyclic amines) is 1. The first-order chi connectivity index (χ1) is 19.0. The van der Waals surface area contributed by atoms with Gasteiger partial charge in [-0.1, -0.05) is 48.5 Å². The maximum absolute atomic E-state index is 13.9. The van der Waals surface area contributed by atoms with Crippen LogP contribution in [-0.2, 0) is 23.1 Å². The van der Waals surface area contributed by atoms with Gasteiger partial charge in [0.15, 0.2) is 0 Å². The van der Waals surface area contributed by atoms with Crippen molar-refractivity contribution in [1.82, 2.24) is 25.5 Å². The van der Waals surface area contributed by atoms with Crippen molar-refractivity contribution >= 4 is 35.0 Å². The Balaban J connectivity index is 1.45. The molecule has 10 nitrogen and oxygen atoms in total. The molecule has 1 aliphatic rings. The number of hydrogen-bond donors (Lipinski definition) is 4. The molecule has 1 aromatic heterocycles. The number of unbranched alkanes of at least 4 members (excludes halogenated alkanes) is 1. The molecule has 3 amide bonds. The van der Waals surface area contributed by atoms with E-state index < -0.39 is 12.1 Å². The lowest BCUT2D eigenvalue weighted by atomic mass is 10.0. The Morgan fingerprint density at radius 2 is 1.87 bits per heavy atom. The van der Waals surface area contributed by atoms with E-state index in [4.69, 9.17) is 5.84 Å². The van der Waals surface area contributed by atoms with E-state index in [9.17, 15) is 14.4 Å². The number of hydrazine groups is 1. The highest BCUT2D eigenvalue weighted by Gasteiger charge is 2.37. The van der Waals surface area contributed by atoms with Crippen LogP contribution in [0.1, 0.15) is 41.7 Å². The van der Waals surface area contributed by atoms with Crippen molar-refractivity contribution < 1.29 is 14.4 Å². The molecule has 0 aliphatic carbocycles.